The van der Waals surface area contributed by atoms with E-state index in [4.69, 9.17) is 37.2 Å². The summed E-state index contributed by atoms with van der Waals surface area (Å²) < 4.78 is 16.7. The van der Waals surface area contributed by atoms with E-state index < -0.39 is 0 Å². The van der Waals surface area contributed by atoms with Crippen LogP contribution in [0.4, 0.5) is 0 Å². The molecule has 0 atom stereocenters. The number of hydrogen-bond acceptors (Lipinski definition) is 6. The third-order valence-electron chi connectivity index (χ3n) is 7.63. The van der Waals surface area contributed by atoms with E-state index in [1.54, 1.807) is 18.2 Å². The Kier molecular flexibility index (Phi) is 8.46. The Morgan fingerprint density at radius 3 is 2.42 bits per heavy atom. The van der Waals surface area contributed by atoms with Crippen molar-refractivity contribution in [3.8, 4) is 22.8 Å². The summed E-state index contributed by atoms with van der Waals surface area (Å²) in [5.74, 6) is 1.76. The van der Waals surface area contributed by atoms with Gasteiger partial charge in [-0.3, -0.25) is 4.79 Å². The minimum absolute atomic E-state index is 0.0977. The second-order valence-corrected chi connectivity index (χ2v) is 10.6. The average molecular weight is 559 g/mol. The van der Waals surface area contributed by atoms with Crippen molar-refractivity contribution >= 4 is 29.1 Å². The highest BCUT2D eigenvalue weighted by atomic mass is 35.5. The van der Waals surface area contributed by atoms with Crippen molar-refractivity contribution < 1.29 is 18.8 Å². The number of amides is 1. The highest BCUT2D eigenvalue weighted by molar-refractivity contribution is 6.39. The third kappa shape index (κ3) is 5.65. The summed E-state index contributed by atoms with van der Waals surface area (Å²) in [7, 11) is 0. The van der Waals surface area contributed by atoms with Crippen LogP contribution in [-0.2, 0) is 12.8 Å². The molecule has 2 aliphatic rings. The molecule has 0 spiro atoms. The first-order chi connectivity index (χ1) is 18.5. The first-order valence-corrected chi connectivity index (χ1v) is 14.1. The van der Waals surface area contributed by atoms with E-state index in [-0.39, 0.29) is 18.7 Å². The fourth-order valence-electron chi connectivity index (χ4n) is 5.56. The predicted molar refractivity (Wildman–Crippen MR) is 148 cm³/mol. The number of fused-ring (bicyclic) bond motifs is 1. The molecule has 7 nitrogen and oxygen atoms in total. The van der Waals surface area contributed by atoms with Crippen LogP contribution in [0.25, 0.3) is 11.3 Å². The molecule has 38 heavy (non-hydrogen) atoms. The number of rotatable bonds is 9. The van der Waals surface area contributed by atoms with E-state index >= 15 is 0 Å². The molecule has 3 aromatic rings. The number of nitrogens with one attached hydrogen (secondary N) is 1. The van der Waals surface area contributed by atoms with Crippen LogP contribution in [0.2, 0.25) is 10.0 Å². The normalized spacial score (nSPS) is 18.7. The second-order valence-electron chi connectivity index (χ2n) is 9.81. The number of carbonyl (C=O) groups is 1. The SMILES string of the molecule is CCN(CC)C1CCC(NC(=O)c2c(-c3c(Cl)cccc3Cl)noc2CCc2ccc3c(c2)OCO3)CC1. The molecule has 1 aliphatic carbocycles. The third-order valence-corrected chi connectivity index (χ3v) is 8.26. The Balaban J connectivity index is 1.37. The van der Waals surface area contributed by atoms with Gasteiger partial charge in [-0.25, -0.2) is 0 Å². The van der Waals surface area contributed by atoms with E-state index in [2.05, 4.69) is 29.2 Å². The molecule has 0 unspecified atom stereocenters. The number of aromatic nitrogens is 1. The van der Waals surface area contributed by atoms with Crippen LogP contribution in [0.3, 0.4) is 0 Å². The van der Waals surface area contributed by atoms with Crippen molar-refractivity contribution in [1.29, 1.82) is 0 Å². The summed E-state index contributed by atoms with van der Waals surface area (Å²) in [5, 5.41) is 8.39. The van der Waals surface area contributed by atoms with Crippen LogP contribution in [0.5, 0.6) is 11.5 Å². The van der Waals surface area contributed by atoms with Crippen molar-refractivity contribution in [2.45, 2.75) is 64.5 Å². The van der Waals surface area contributed by atoms with Gasteiger partial charge in [-0.2, -0.15) is 0 Å². The van der Waals surface area contributed by atoms with Crippen LogP contribution in [0.15, 0.2) is 40.9 Å². The molecule has 1 N–H and O–H groups in total. The van der Waals surface area contributed by atoms with Gasteiger partial charge in [0.05, 0.1) is 10.0 Å². The Morgan fingerprint density at radius 2 is 1.71 bits per heavy atom. The highest BCUT2D eigenvalue weighted by Gasteiger charge is 2.30. The van der Waals surface area contributed by atoms with Gasteiger partial charge in [-0.05, 0) is 75.0 Å². The van der Waals surface area contributed by atoms with Gasteiger partial charge in [-0.15, -0.1) is 0 Å². The molecular formula is C29H33Cl2N3O4. The maximum Gasteiger partial charge on any atom is 0.257 e. The highest BCUT2D eigenvalue weighted by Crippen LogP contribution is 2.38. The zero-order chi connectivity index (χ0) is 26.6. The van der Waals surface area contributed by atoms with E-state index in [1.807, 2.05) is 18.2 Å². The summed E-state index contributed by atoms with van der Waals surface area (Å²) in [6.45, 7) is 6.73. The van der Waals surface area contributed by atoms with Gasteiger partial charge in [0.2, 0.25) is 6.79 Å². The van der Waals surface area contributed by atoms with E-state index in [0.717, 1.165) is 55.8 Å². The zero-order valence-electron chi connectivity index (χ0n) is 21.8. The molecule has 202 valence electrons. The molecule has 1 aromatic heterocycles. The number of aryl methyl sites for hydroxylation is 2. The van der Waals surface area contributed by atoms with Crippen molar-refractivity contribution in [1.82, 2.24) is 15.4 Å². The van der Waals surface area contributed by atoms with E-state index in [1.165, 1.54) is 0 Å². The lowest BCUT2D eigenvalue weighted by Gasteiger charge is -2.36. The van der Waals surface area contributed by atoms with E-state index in [0.29, 0.717) is 51.5 Å². The Labute approximate surface area is 233 Å². The standard InChI is InChI=1S/C29H33Cl2N3O4/c1-3-34(4-2)20-12-10-19(11-13-20)32-29(35)27-24(15-9-18-8-14-23-25(16-18)37-17-36-23)38-33-28(27)26-21(30)6-5-7-22(26)31/h5-8,14,16,19-20H,3-4,9-13,15,17H2,1-2H3,(H,32,35). The monoisotopic (exact) mass is 557 g/mol. The summed E-state index contributed by atoms with van der Waals surface area (Å²) in [6, 6.07) is 11.8. The number of carbonyl (C=O) groups excluding carboxylic acids is 1. The minimum Gasteiger partial charge on any atom is -0.454 e. The largest absolute Gasteiger partial charge is 0.454 e. The molecule has 1 saturated carbocycles. The number of benzene rings is 2. The van der Waals surface area contributed by atoms with Gasteiger partial charge in [0.25, 0.3) is 5.91 Å². The van der Waals surface area contributed by atoms with Crippen LogP contribution < -0.4 is 14.8 Å². The minimum atomic E-state index is -0.204. The first-order valence-electron chi connectivity index (χ1n) is 13.3. The van der Waals surface area contributed by atoms with Crippen molar-refractivity contribution in [3.63, 3.8) is 0 Å². The smallest absolute Gasteiger partial charge is 0.257 e. The zero-order valence-corrected chi connectivity index (χ0v) is 23.3. The van der Waals surface area contributed by atoms with Crippen LogP contribution in [-0.4, -0.2) is 47.9 Å². The quantitative estimate of drug-likeness (QED) is 0.321. The fourth-order valence-corrected chi connectivity index (χ4v) is 6.14. The van der Waals surface area contributed by atoms with Crippen LogP contribution in [0, 0.1) is 0 Å². The molecule has 2 aromatic carbocycles. The maximum atomic E-state index is 13.8. The van der Waals surface area contributed by atoms with Crippen molar-refractivity contribution in [3.05, 3.63) is 63.3 Å². The lowest BCUT2D eigenvalue weighted by atomic mass is 9.89. The predicted octanol–water partition coefficient (Wildman–Crippen LogP) is 6.55. The Bertz CT molecular complexity index is 1260. The second kappa shape index (κ2) is 12.0. The summed E-state index contributed by atoms with van der Waals surface area (Å²) in [5.41, 5.74) is 2.32. The summed E-state index contributed by atoms with van der Waals surface area (Å²) in [4.78, 5) is 16.3. The number of nitrogens with zero attached hydrogens (tertiary/aromatic N) is 2. The maximum absolute atomic E-state index is 13.8. The molecule has 1 aliphatic heterocycles. The summed E-state index contributed by atoms with van der Waals surface area (Å²) in [6.07, 6.45) is 5.12. The number of hydrogen-bond donors (Lipinski definition) is 1. The molecule has 9 heteroatoms. The van der Waals surface area contributed by atoms with Gasteiger partial charge in [0.15, 0.2) is 11.5 Å². The fraction of sp³-hybridized carbons (Fsp3) is 0.448. The molecule has 1 amide bonds. The van der Waals surface area contributed by atoms with Crippen LogP contribution in [0.1, 0.15) is 61.2 Å². The molecule has 5 rings (SSSR count). The topological polar surface area (TPSA) is 76.8 Å². The number of halogens is 2. The van der Waals surface area contributed by atoms with Crippen molar-refractivity contribution in [2.24, 2.45) is 0 Å². The molecule has 0 saturated heterocycles. The molecule has 0 bridgehead atoms. The first kappa shape index (κ1) is 26.9. The van der Waals surface area contributed by atoms with Gasteiger partial charge >= 0.3 is 0 Å². The average Bonchev–Trinajstić information content (AvgIpc) is 3.56. The molecule has 0 radical (unpaired) electrons. The lowest BCUT2D eigenvalue weighted by Crippen LogP contribution is -2.44. The molecular weight excluding hydrogens is 525 g/mol. The van der Waals surface area contributed by atoms with E-state index in [9.17, 15) is 4.79 Å². The Hall–Kier alpha value is -2.74. The molecule has 2 heterocycles. The Morgan fingerprint density at radius 1 is 1.00 bits per heavy atom. The van der Waals surface area contributed by atoms with Gasteiger partial charge in [-0.1, -0.05) is 54.3 Å². The molecule has 1 fully saturated rings. The van der Waals surface area contributed by atoms with Gasteiger partial charge < -0.3 is 24.2 Å². The lowest BCUT2D eigenvalue weighted by molar-refractivity contribution is 0.0905. The van der Waals surface area contributed by atoms with Crippen molar-refractivity contribution in [2.75, 3.05) is 19.9 Å². The van der Waals surface area contributed by atoms with Gasteiger partial charge in [0, 0.05) is 24.1 Å². The number of ether oxygens (including phenoxy) is 2. The van der Waals surface area contributed by atoms with Gasteiger partial charge in [0.1, 0.15) is 17.0 Å². The summed E-state index contributed by atoms with van der Waals surface area (Å²) >= 11 is 13.0. The van der Waals surface area contributed by atoms with Crippen LogP contribution >= 0.6 is 23.2 Å².